The molecule has 3 rings (SSSR count). The van der Waals surface area contributed by atoms with Crippen LogP contribution in [-0.2, 0) is 4.79 Å². The highest BCUT2D eigenvalue weighted by atomic mass is 32.2. The monoisotopic (exact) mass is 422 g/mol. The third kappa shape index (κ3) is 4.46. The molecule has 2 aromatic carbocycles. The van der Waals surface area contributed by atoms with Crippen LogP contribution in [0.3, 0.4) is 0 Å². The Morgan fingerprint density at radius 3 is 2.50 bits per heavy atom. The average molecular weight is 423 g/mol. The molecule has 30 heavy (non-hydrogen) atoms. The van der Waals surface area contributed by atoms with E-state index in [1.807, 2.05) is 26.8 Å². The zero-order valence-corrected chi connectivity index (χ0v) is 19.7. The van der Waals surface area contributed by atoms with Crippen LogP contribution >= 0.6 is 11.8 Å². The van der Waals surface area contributed by atoms with Gasteiger partial charge in [0.05, 0.1) is 17.7 Å². The second kappa shape index (κ2) is 9.09. The van der Waals surface area contributed by atoms with Crippen molar-refractivity contribution >= 4 is 34.6 Å². The molecule has 1 aliphatic heterocycles. The Hall–Kier alpha value is -2.53. The summed E-state index contributed by atoms with van der Waals surface area (Å²) >= 11 is 1.44. The number of thioether (sulfide) groups is 1. The summed E-state index contributed by atoms with van der Waals surface area (Å²) in [7, 11) is 1.70. The van der Waals surface area contributed by atoms with Gasteiger partial charge in [-0.15, -0.1) is 0 Å². The normalized spacial score (nSPS) is 16.9. The summed E-state index contributed by atoms with van der Waals surface area (Å²) in [6.45, 7) is 13.0. The fraction of sp³-hybridized carbons (Fsp3) is 0.360. The molecule has 0 aliphatic carbocycles. The molecule has 0 unspecified atom stereocenters. The number of benzene rings is 2. The summed E-state index contributed by atoms with van der Waals surface area (Å²) in [5, 5.41) is 0.734. The Kier molecular flexibility index (Phi) is 6.71. The van der Waals surface area contributed by atoms with Crippen molar-refractivity contribution in [3.8, 4) is 5.75 Å². The molecular formula is C25H30N2O2S. The van der Waals surface area contributed by atoms with Gasteiger partial charge in [-0.05, 0) is 97.5 Å². The third-order valence-corrected chi connectivity index (χ3v) is 6.32. The zero-order valence-electron chi connectivity index (χ0n) is 18.9. The van der Waals surface area contributed by atoms with Gasteiger partial charge < -0.3 is 4.74 Å². The van der Waals surface area contributed by atoms with E-state index < -0.39 is 0 Å². The average Bonchev–Trinajstić information content (AvgIpc) is 2.99. The molecule has 1 saturated heterocycles. The van der Waals surface area contributed by atoms with Gasteiger partial charge in [-0.1, -0.05) is 26.0 Å². The quantitative estimate of drug-likeness (QED) is 0.526. The molecule has 1 aliphatic rings. The highest BCUT2D eigenvalue weighted by Crippen LogP contribution is 2.37. The molecule has 0 atom stereocenters. The van der Waals surface area contributed by atoms with Crippen molar-refractivity contribution in [2.75, 3.05) is 13.7 Å². The number of carbonyl (C=O) groups excluding carboxylic acids is 1. The van der Waals surface area contributed by atoms with Gasteiger partial charge in [0.15, 0.2) is 5.17 Å². The Morgan fingerprint density at radius 1 is 1.13 bits per heavy atom. The van der Waals surface area contributed by atoms with Gasteiger partial charge in [0.1, 0.15) is 5.75 Å². The number of carbonyl (C=O) groups is 1. The first-order valence-corrected chi connectivity index (χ1v) is 11.1. The number of nitrogens with zero attached hydrogens (tertiary/aromatic N) is 2. The number of amidine groups is 1. The van der Waals surface area contributed by atoms with Crippen LogP contribution in [0.15, 0.2) is 40.2 Å². The maximum absolute atomic E-state index is 13.1. The molecule has 5 heteroatoms. The Bertz CT molecular complexity index is 1040. The lowest BCUT2D eigenvalue weighted by Gasteiger charge is -2.15. The second-order valence-electron chi connectivity index (χ2n) is 7.95. The molecule has 0 radical (unpaired) electrons. The van der Waals surface area contributed by atoms with E-state index in [1.54, 1.807) is 12.0 Å². The lowest BCUT2D eigenvalue weighted by Crippen LogP contribution is -2.28. The van der Waals surface area contributed by atoms with Crippen molar-refractivity contribution in [1.29, 1.82) is 0 Å². The van der Waals surface area contributed by atoms with E-state index >= 15 is 0 Å². The van der Waals surface area contributed by atoms with E-state index in [2.05, 4.69) is 51.1 Å². The van der Waals surface area contributed by atoms with Crippen LogP contribution in [0.2, 0.25) is 0 Å². The number of amides is 1. The summed E-state index contributed by atoms with van der Waals surface area (Å²) in [5.74, 6) is 1.23. The van der Waals surface area contributed by atoms with E-state index in [-0.39, 0.29) is 5.91 Å². The minimum Gasteiger partial charge on any atom is -0.496 e. The number of hydrogen-bond donors (Lipinski definition) is 0. The molecule has 4 nitrogen and oxygen atoms in total. The number of aryl methyl sites for hydroxylation is 3. The smallest absolute Gasteiger partial charge is 0.266 e. The third-order valence-electron chi connectivity index (χ3n) is 5.31. The van der Waals surface area contributed by atoms with Crippen molar-refractivity contribution < 1.29 is 9.53 Å². The van der Waals surface area contributed by atoms with Crippen LogP contribution in [0.4, 0.5) is 5.69 Å². The van der Waals surface area contributed by atoms with E-state index in [0.717, 1.165) is 44.4 Å². The van der Waals surface area contributed by atoms with Crippen LogP contribution in [-0.4, -0.2) is 29.6 Å². The van der Waals surface area contributed by atoms with Crippen molar-refractivity contribution in [1.82, 2.24) is 4.90 Å². The molecule has 2 aromatic rings. The van der Waals surface area contributed by atoms with Gasteiger partial charge in [-0.25, -0.2) is 4.99 Å². The molecule has 0 saturated carbocycles. The molecule has 0 bridgehead atoms. The highest BCUT2D eigenvalue weighted by molar-refractivity contribution is 8.18. The predicted octanol–water partition coefficient (Wildman–Crippen LogP) is 6.37. The first-order chi connectivity index (χ1) is 14.2. The summed E-state index contributed by atoms with van der Waals surface area (Å²) in [6.07, 6.45) is 1.99. The summed E-state index contributed by atoms with van der Waals surface area (Å²) < 4.78 is 5.55. The SMILES string of the molecule is CCN1C(=O)/C(=C\c2cc(C(C)C)c(OC)cc2C)SC1=Nc1cc(C)ccc1C. The van der Waals surface area contributed by atoms with Crippen LogP contribution in [0.1, 0.15) is 54.5 Å². The topological polar surface area (TPSA) is 41.9 Å². The van der Waals surface area contributed by atoms with Gasteiger partial charge in [0.25, 0.3) is 5.91 Å². The number of ether oxygens (including phenoxy) is 1. The molecule has 158 valence electrons. The maximum atomic E-state index is 13.1. The molecule has 1 amide bonds. The number of aliphatic imine (C=N–C) groups is 1. The molecule has 0 spiro atoms. The number of likely N-dealkylation sites (N-methyl/N-ethyl adjacent to an activating group) is 1. The standard InChI is InChI=1S/C25H30N2O2S/c1-8-27-24(28)23(30-25(27)26-21-11-16(4)9-10-17(21)5)14-19-13-20(15(2)3)22(29-7)12-18(19)6/h9-15H,8H2,1-7H3/b23-14+,26-25?. The van der Waals surface area contributed by atoms with Crippen molar-refractivity contribution in [2.24, 2.45) is 4.99 Å². The van der Waals surface area contributed by atoms with Crippen LogP contribution in [0.25, 0.3) is 6.08 Å². The lowest BCUT2D eigenvalue weighted by molar-refractivity contribution is -0.122. The van der Waals surface area contributed by atoms with Crippen LogP contribution in [0.5, 0.6) is 5.75 Å². The van der Waals surface area contributed by atoms with Gasteiger partial charge in [-0.2, -0.15) is 0 Å². The Balaban J connectivity index is 2.03. The minimum absolute atomic E-state index is 0.00729. The summed E-state index contributed by atoms with van der Waals surface area (Å²) in [4.78, 5) is 20.4. The first-order valence-electron chi connectivity index (χ1n) is 10.3. The predicted molar refractivity (Wildman–Crippen MR) is 128 cm³/mol. The van der Waals surface area contributed by atoms with Gasteiger partial charge in [-0.3, -0.25) is 9.69 Å². The fourth-order valence-corrected chi connectivity index (χ4v) is 4.50. The number of rotatable bonds is 5. The maximum Gasteiger partial charge on any atom is 0.266 e. The summed E-state index contributed by atoms with van der Waals surface area (Å²) in [5.41, 5.74) is 6.43. The minimum atomic E-state index is 0.00729. The van der Waals surface area contributed by atoms with E-state index in [0.29, 0.717) is 17.4 Å². The van der Waals surface area contributed by atoms with Gasteiger partial charge in [0.2, 0.25) is 0 Å². The van der Waals surface area contributed by atoms with E-state index in [9.17, 15) is 4.79 Å². The fourth-order valence-electron chi connectivity index (χ4n) is 3.45. The summed E-state index contributed by atoms with van der Waals surface area (Å²) in [6, 6.07) is 10.4. The molecule has 1 fully saturated rings. The van der Waals surface area contributed by atoms with Crippen LogP contribution in [0, 0.1) is 20.8 Å². The van der Waals surface area contributed by atoms with Crippen molar-refractivity contribution in [3.05, 3.63) is 63.1 Å². The number of hydrogen-bond acceptors (Lipinski definition) is 4. The molecule has 0 N–H and O–H groups in total. The van der Waals surface area contributed by atoms with Gasteiger partial charge in [0, 0.05) is 6.54 Å². The Labute approximate surface area is 184 Å². The molecule has 1 heterocycles. The molecule has 0 aromatic heterocycles. The Morgan fingerprint density at radius 2 is 1.87 bits per heavy atom. The second-order valence-corrected chi connectivity index (χ2v) is 8.96. The van der Waals surface area contributed by atoms with E-state index in [4.69, 9.17) is 9.73 Å². The number of methoxy groups -OCH3 is 1. The van der Waals surface area contributed by atoms with Crippen molar-refractivity contribution in [3.63, 3.8) is 0 Å². The first kappa shape index (κ1) is 22.2. The van der Waals surface area contributed by atoms with E-state index in [1.165, 1.54) is 11.8 Å². The van der Waals surface area contributed by atoms with Gasteiger partial charge >= 0.3 is 0 Å². The molecular weight excluding hydrogens is 392 g/mol. The lowest BCUT2D eigenvalue weighted by atomic mass is 9.96. The largest absolute Gasteiger partial charge is 0.496 e. The van der Waals surface area contributed by atoms with Crippen molar-refractivity contribution in [2.45, 2.75) is 47.5 Å². The highest BCUT2D eigenvalue weighted by Gasteiger charge is 2.32. The van der Waals surface area contributed by atoms with Crippen LogP contribution < -0.4 is 4.74 Å². The zero-order chi connectivity index (χ0) is 22.0.